The molecule has 6 nitrogen and oxygen atoms in total. The van der Waals surface area contributed by atoms with Crippen molar-refractivity contribution in [3.05, 3.63) is 23.9 Å². The largest absolute Gasteiger partial charge is 0.474 e. The van der Waals surface area contributed by atoms with Crippen molar-refractivity contribution in [1.82, 2.24) is 20.5 Å². The van der Waals surface area contributed by atoms with E-state index in [9.17, 15) is 0 Å². The minimum Gasteiger partial charge on any atom is -0.474 e. The van der Waals surface area contributed by atoms with E-state index in [1.165, 1.54) is 12.8 Å². The molecule has 0 aromatic carbocycles. The van der Waals surface area contributed by atoms with Crippen LogP contribution in [0, 0.1) is 0 Å². The summed E-state index contributed by atoms with van der Waals surface area (Å²) in [5, 5.41) is 6.99. The molecular formula is C22H37N5O. The second-order valence-corrected chi connectivity index (χ2v) is 8.27. The molecule has 28 heavy (non-hydrogen) atoms. The molecule has 1 saturated heterocycles. The number of guanidine groups is 1. The number of hydrogen-bond donors (Lipinski definition) is 2. The molecule has 0 bridgehead atoms. The molecule has 1 saturated carbocycles. The van der Waals surface area contributed by atoms with Crippen molar-refractivity contribution in [1.29, 1.82) is 0 Å². The molecule has 1 aliphatic heterocycles. The standard InChI is InChI=1S/C22H37N5O/c1-4-23-22(26-19-11-13-27(14-12-19)17(2)3)25-16-18-9-10-21(24-15-18)28-20-7-5-6-8-20/h9-10,15,17,19-20H,4-8,11-14,16H2,1-3H3,(H2,23,25,26). The van der Waals surface area contributed by atoms with Gasteiger partial charge in [-0.25, -0.2) is 9.98 Å². The topological polar surface area (TPSA) is 61.8 Å². The van der Waals surface area contributed by atoms with Crippen molar-refractivity contribution in [3.8, 4) is 5.88 Å². The van der Waals surface area contributed by atoms with E-state index in [2.05, 4.69) is 47.4 Å². The van der Waals surface area contributed by atoms with Crippen molar-refractivity contribution in [2.45, 2.75) is 84.0 Å². The smallest absolute Gasteiger partial charge is 0.213 e. The van der Waals surface area contributed by atoms with Crippen LogP contribution in [0.2, 0.25) is 0 Å². The summed E-state index contributed by atoms with van der Waals surface area (Å²) in [6, 6.07) is 5.18. The number of piperidine rings is 1. The third-order valence-corrected chi connectivity index (χ3v) is 5.75. The molecule has 2 N–H and O–H groups in total. The number of pyridine rings is 1. The Kier molecular flexibility index (Phi) is 7.95. The predicted octanol–water partition coefficient (Wildman–Crippen LogP) is 3.33. The Bertz CT molecular complexity index is 602. The first-order valence-electron chi connectivity index (χ1n) is 11.0. The van der Waals surface area contributed by atoms with Gasteiger partial charge in [-0.3, -0.25) is 0 Å². The zero-order valence-electron chi connectivity index (χ0n) is 17.8. The van der Waals surface area contributed by atoms with Gasteiger partial charge < -0.3 is 20.3 Å². The van der Waals surface area contributed by atoms with Gasteiger partial charge in [0, 0.05) is 44.0 Å². The molecule has 2 fully saturated rings. The van der Waals surface area contributed by atoms with Gasteiger partial charge in [-0.2, -0.15) is 0 Å². The maximum absolute atomic E-state index is 5.94. The van der Waals surface area contributed by atoms with E-state index in [1.54, 1.807) is 0 Å². The Labute approximate surface area is 170 Å². The molecular weight excluding hydrogens is 350 g/mol. The van der Waals surface area contributed by atoms with Crippen molar-refractivity contribution < 1.29 is 4.74 Å². The first kappa shape index (κ1) is 20.9. The number of nitrogens with one attached hydrogen (secondary N) is 2. The van der Waals surface area contributed by atoms with E-state index < -0.39 is 0 Å². The number of rotatable bonds is 7. The lowest BCUT2D eigenvalue weighted by Gasteiger charge is -2.35. The first-order chi connectivity index (χ1) is 13.6. The van der Waals surface area contributed by atoms with Crippen LogP contribution in [0.15, 0.2) is 23.3 Å². The Morgan fingerprint density at radius 3 is 2.57 bits per heavy atom. The van der Waals surface area contributed by atoms with E-state index in [-0.39, 0.29) is 0 Å². The molecule has 0 unspecified atom stereocenters. The fourth-order valence-corrected chi connectivity index (χ4v) is 4.00. The maximum Gasteiger partial charge on any atom is 0.213 e. The van der Waals surface area contributed by atoms with Crippen LogP contribution >= 0.6 is 0 Å². The molecule has 6 heteroatoms. The van der Waals surface area contributed by atoms with E-state index in [4.69, 9.17) is 9.73 Å². The van der Waals surface area contributed by atoms with Gasteiger partial charge in [0.05, 0.1) is 6.54 Å². The third kappa shape index (κ3) is 6.36. The van der Waals surface area contributed by atoms with Gasteiger partial charge in [0.15, 0.2) is 5.96 Å². The predicted molar refractivity (Wildman–Crippen MR) is 115 cm³/mol. The molecule has 2 aliphatic rings. The number of ether oxygens (including phenoxy) is 1. The number of likely N-dealkylation sites (tertiary alicyclic amines) is 1. The summed E-state index contributed by atoms with van der Waals surface area (Å²) in [7, 11) is 0. The van der Waals surface area contributed by atoms with Crippen LogP contribution in [0.3, 0.4) is 0 Å². The highest BCUT2D eigenvalue weighted by Gasteiger charge is 2.21. The summed E-state index contributed by atoms with van der Waals surface area (Å²) in [4.78, 5) is 11.8. The average Bonchev–Trinajstić information content (AvgIpc) is 3.21. The van der Waals surface area contributed by atoms with Gasteiger partial charge in [0.1, 0.15) is 6.10 Å². The lowest BCUT2D eigenvalue weighted by Crippen LogP contribution is -2.49. The second kappa shape index (κ2) is 10.6. The van der Waals surface area contributed by atoms with Crippen LogP contribution in [0.4, 0.5) is 0 Å². The van der Waals surface area contributed by atoms with Crippen LogP contribution in [-0.2, 0) is 6.54 Å². The Hall–Kier alpha value is -1.82. The summed E-state index contributed by atoms with van der Waals surface area (Å²) in [6.07, 6.45) is 9.42. The van der Waals surface area contributed by atoms with Crippen molar-refractivity contribution in [2.24, 2.45) is 4.99 Å². The van der Waals surface area contributed by atoms with Gasteiger partial charge in [-0.15, -0.1) is 0 Å². The van der Waals surface area contributed by atoms with Gasteiger partial charge in [-0.05, 0) is 64.9 Å². The SMILES string of the molecule is CCNC(=NCc1ccc(OC2CCCC2)nc1)NC1CCN(C(C)C)CC1. The number of hydrogen-bond acceptors (Lipinski definition) is 4. The Morgan fingerprint density at radius 1 is 1.21 bits per heavy atom. The lowest BCUT2D eigenvalue weighted by molar-refractivity contribution is 0.167. The monoisotopic (exact) mass is 387 g/mol. The molecule has 2 heterocycles. The Balaban J connectivity index is 1.49. The molecule has 1 aliphatic carbocycles. The van der Waals surface area contributed by atoms with Crippen LogP contribution in [0.5, 0.6) is 5.88 Å². The van der Waals surface area contributed by atoms with E-state index in [0.29, 0.717) is 24.7 Å². The van der Waals surface area contributed by atoms with Crippen LogP contribution in [0.25, 0.3) is 0 Å². The summed E-state index contributed by atoms with van der Waals surface area (Å²) >= 11 is 0. The summed E-state index contributed by atoms with van der Waals surface area (Å²) < 4.78 is 5.94. The molecule has 0 spiro atoms. The van der Waals surface area contributed by atoms with Crippen molar-refractivity contribution in [3.63, 3.8) is 0 Å². The summed E-state index contributed by atoms with van der Waals surface area (Å²) in [5.41, 5.74) is 1.10. The highest BCUT2D eigenvalue weighted by atomic mass is 16.5. The number of aromatic nitrogens is 1. The fraction of sp³-hybridized carbons (Fsp3) is 0.727. The lowest BCUT2D eigenvalue weighted by atomic mass is 10.0. The van der Waals surface area contributed by atoms with E-state index in [1.807, 2.05) is 12.3 Å². The van der Waals surface area contributed by atoms with Crippen molar-refractivity contribution >= 4 is 5.96 Å². The fourth-order valence-electron chi connectivity index (χ4n) is 4.00. The van der Waals surface area contributed by atoms with E-state index >= 15 is 0 Å². The quantitative estimate of drug-likeness (QED) is 0.555. The van der Waals surface area contributed by atoms with Crippen molar-refractivity contribution in [2.75, 3.05) is 19.6 Å². The minimum absolute atomic E-state index is 0.350. The van der Waals surface area contributed by atoms with Gasteiger partial charge >= 0.3 is 0 Å². The molecule has 1 aromatic heterocycles. The molecule has 0 radical (unpaired) electrons. The minimum atomic E-state index is 0.350. The molecule has 0 amide bonds. The van der Waals surface area contributed by atoms with Gasteiger partial charge in [0.2, 0.25) is 5.88 Å². The van der Waals surface area contributed by atoms with E-state index in [0.717, 1.165) is 62.7 Å². The summed E-state index contributed by atoms with van der Waals surface area (Å²) in [5.74, 6) is 1.64. The molecule has 3 rings (SSSR count). The van der Waals surface area contributed by atoms with Gasteiger partial charge in [-0.1, -0.05) is 6.07 Å². The first-order valence-corrected chi connectivity index (χ1v) is 11.0. The third-order valence-electron chi connectivity index (χ3n) is 5.75. The highest BCUT2D eigenvalue weighted by Crippen LogP contribution is 2.23. The highest BCUT2D eigenvalue weighted by molar-refractivity contribution is 5.80. The van der Waals surface area contributed by atoms with Crippen LogP contribution in [-0.4, -0.2) is 53.7 Å². The maximum atomic E-state index is 5.94. The normalized spacial score (nSPS) is 19.9. The second-order valence-electron chi connectivity index (χ2n) is 8.27. The molecule has 1 aromatic rings. The number of aliphatic imine (C=N–C) groups is 1. The average molecular weight is 388 g/mol. The Morgan fingerprint density at radius 2 is 1.96 bits per heavy atom. The van der Waals surface area contributed by atoms with Crippen LogP contribution in [0.1, 0.15) is 64.9 Å². The van der Waals surface area contributed by atoms with Gasteiger partial charge in [0.25, 0.3) is 0 Å². The number of nitrogens with zero attached hydrogens (tertiary/aromatic N) is 3. The zero-order valence-corrected chi connectivity index (χ0v) is 17.8. The summed E-state index contributed by atoms with van der Waals surface area (Å²) in [6.45, 7) is 10.5. The van der Waals surface area contributed by atoms with Crippen LogP contribution < -0.4 is 15.4 Å². The molecule has 156 valence electrons. The molecule has 0 atom stereocenters. The zero-order chi connectivity index (χ0) is 19.8.